The molecule has 0 radical (unpaired) electrons. The minimum absolute atomic E-state index is 0.00935. The summed E-state index contributed by atoms with van der Waals surface area (Å²) in [4.78, 5) is 0. The highest BCUT2D eigenvalue weighted by Crippen LogP contribution is 2.24. The largest absolute Gasteiger partial charge is 0.494 e. The van der Waals surface area contributed by atoms with Crippen molar-refractivity contribution in [3.05, 3.63) is 29.6 Å². The third-order valence-electron chi connectivity index (χ3n) is 2.19. The normalized spacial score (nSPS) is 12.6. The molecule has 0 heterocycles. The topological polar surface area (TPSA) is 21.3 Å². The van der Waals surface area contributed by atoms with Gasteiger partial charge in [-0.2, -0.15) is 0 Å². The van der Waals surface area contributed by atoms with Gasteiger partial charge >= 0.3 is 0 Å². The van der Waals surface area contributed by atoms with Gasteiger partial charge in [0.1, 0.15) is 0 Å². The van der Waals surface area contributed by atoms with Crippen LogP contribution in [-0.4, -0.2) is 13.7 Å². The van der Waals surface area contributed by atoms with Crippen molar-refractivity contribution in [2.24, 2.45) is 0 Å². The lowest BCUT2D eigenvalue weighted by atomic mass is 10.1. The van der Waals surface area contributed by atoms with Gasteiger partial charge in [-0.15, -0.1) is 0 Å². The molecular weight excluding hydrogens is 181 g/mol. The van der Waals surface area contributed by atoms with Crippen LogP contribution in [0.15, 0.2) is 18.2 Å². The minimum atomic E-state index is -0.275. The van der Waals surface area contributed by atoms with Crippen LogP contribution in [0.4, 0.5) is 4.39 Å². The average Bonchev–Trinajstić information content (AvgIpc) is 2.18. The Hall–Kier alpha value is -1.09. The SMILES string of the molecule is CCNC(C)c1cccc(OC)c1F. The Labute approximate surface area is 84.1 Å². The van der Waals surface area contributed by atoms with Crippen molar-refractivity contribution in [2.45, 2.75) is 19.9 Å². The van der Waals surface area contributed by atoms with Crippen molar-refractivity contribution in [1.82, 2.24) is 5.32 Å². The fourth-order valence-corrected chi connectivity index (χ4v) is 1.44. The number of ether oxygens (including phenoxy) is 1. The summed E-state index contributed by atoms with van der Waals surface area (Å²) >= 11 is 0. The van der Waals surface area contributed by atoms with E-state index in [9.17, 15) is 4.39 Å². The summed E-state index contributed by atoms with van der Waals surface area (Å²) in [5.74, 6) is 0.0238. The number of hydrogen-bond acceptors (Lipinski definition) is 2. The molecule has 0 aliphatic carbocycles. The van der Waals surface area contributed by atoms with Crippen LogP contribution in [0, 0.1) is 5.82 Å². The van der Waals surface area contributed by atoms with Gasteiger partial charge in [-0.3, -0.25) is 0 Å². The molecule has 1 atom stereocenters. The second-order valence-electron chi connectivity index (χ2n) is 3.14. The van der Waals surface area contributed by atoms with Gasteiger partial charge < -0.3 is 10.1 Å². The Morgan fingerprint density at radius 1 is 1.50 bits per heavy atom. The van der Waals surface area contributed by atoms with E-state index in [1.165, 1.54) is 7.11 Å². The van der Waals surface area contributed by atoms with Crippen LogP contribution in [0.25, 0.3) is 0 Å². The van der Waals surface area contributed by atoms with Gasteiger partial charge in [-0.25, -0.2) is 4.39 Å². The number of halogens is 1. The predicted molar refractivity (Wildman–Crippen MR) is 55.0 cm³/mol. The van der Waals surface area contributed by atoms with Crippen molar-refractivity contribution < 1.29 is 9.13 Å². The summed E-state index contributed by atoms with van der Waals surface area (Å²) in [6.07, 6.45) is 0. The first-order valence-corrected chi connectivity index (χ1v) is 4.76. The third kappa shape index (κ3) is 2.23. The monoisotopic (exact) mass is 197 g/mol. The minimum Gasteiger partial charge on any atom is -0.494 e. The van der Waals surface area contributed by atoms with Gasteiger partial charge in [-0.1, -0.05) is 19.1 Å². The molecule has 1 aromatic carbocycles. The smallest absolute Gasteiger partial charge is 0.169 e. The molecule has 1 rings (SSSR count). The lowest BCUT2D eigenvalue weighted by Crippen LogP contribution is -2.18. The van der Waals surface area contributed by atoms with E-state index >= 15 is 0 Å². The number of methoxy groups -OCH3 is 1. The molecule has 0 saturated heterocycles. The maximum absolute atomic E-state index is 13.7. The third-order valence-corrected chi connectivity index (χ3v) is 2.19. The number of hydrogen-bond donors (Lipinski definition) is 1. The molecule has 3 heteroatoms. The highest BCUT2D eigenvalue weighted by Gasteiger charge is 2.12. The molecule has 0 aliphatic rings. The van der Waals surface area contributed by atoms with E-state index in [1.807, 2.05) is 13.8 Å². The zero-order valence-electron chi connectivity index (χ0n) is 8.80. The van der Waals surface area contributed by atoms with Crippen LogP contribution < -0.4 is 10.1 Å². The van der Waals surface area contributed by atoms with Gasteiger partial charge in [0.05, 0.1) is 7.11 Å². The van der Waals surface area contributed by atoms with Gasteiger partial charge in [-0.05, 0) is 19.5 Å². The molecule has 2 nitrogen and oxygen atoms in total. The highest BCUT2D eigenvalue weighted by atomic mass is 19.1. The van der Waals surface area contributed by atoms with E-state index in [-0.39, 0.29) is 11.9 Å². The fourth-order valence-electron chi connectivity index (χ4n) is 1.44. The zero-order valence-corrected chi connectivity index (χ0v) is 8.80. The van der Waals surface area contributed by atoms with E-state index in [4.69, 9.17) is 4.74 Å². The van der Waals surface area contributed by atoms with E-state index < -0.39 is 0 Å². The van der Waals surface area contributed by atoms with Gasteiger partial charge in [0, 0.05) is 11.6 Å². The van der Waals surface area contributed by atoms with Crippen LogP contribution >= 0.6 is 0 Å². The average molecular weight is 197 g/mol. The molecular formula is C11H16FNO. The van der Waals surface area contributed by atoms with E-state index in [2.05, 4.69) is 5.32 Å². The number of nitrogens with one attached hydrogen (secondary N) is 1. The molecule has 0 saturated carbocycles. The zero-order chi connectivity index (χ0) is 10.6. The maximum Gasteiger partial charge on any atom is 0.169 e. The van der Waals surface area contributed by atoms with E-state index in [0.717, 1.165) is 6.54 Å². The van der Waals surface area contributed by atoms with Crippen molar-refractivity contribution in [2.75, 3.05) is 13.7 Å². The number of rotatable bonds is 4. The lowest BCUT2D eigenvalue weighted by molar-refractivity contribution is 0.381. The van der Waals surface area contributed by atoms with Gasteiger partial charge in [0.25, 0.3) is 0 Å². The molecule has 0 aromatic heterocycles. The standard InChI is InChI=1S/C11H16FNO/c1-4-13-8(2)9-6-5-7-10(14-3)11(9)12/h5-8,13H,4H2,1-3H3. The molecule has 0 bridgehead atoms. The lowest BCUT2D eigenvalue weighted by Gasteiger charge is -2.14. The quantitative estimate of drug-likeness (QED) is 0.800. The summed E-state index contributed by atoms with van der Waals surface area (Å²) in [7, 11) is 1.47. The summed E-state index contributed by atoms with van der Waals surface area (Å²) < 4.78 is 18.6. The van der Waals surface area contributed by atoms with Crippen molar-refractivity contribution in [3.63, 3.8) is 0 Å². The van der Waals surface area contributed by atoms with Crippen molar-refractivity contribution in [3.8, 4) is 5.75 Å². The predicted octanol–water partition coefficient (Wildman–Crippen LogP) is 2.50. The highest BCUT2D eigenvalue weighted by molar-refractivity contribution is 5.32. The van der Waals surface area contributed by atoms with Gasteiger partial charge in [0.15, 0.2) is 11.6 Å². The Bertz CT molecular complexity index is 301. The molecule has 1 N–H and O–H groups in total. The second-order valence-corrected chi connectivity index (χ2v) is 3.14. The molecule has 1 aromatic rings. The Morgan fingerprint density at radius 2 is 2.21 bits per heavy atom. The van der Waals surface area contributed by atoms with Crippen LogP contribution in [0.5, 0.6) is 5.75 Å². The van der Waals surface area contributed by atoms with E-state index in [1.54, 1.807) is 18.2 Å². The van der Waals surface area contributed by atoms with Gasteiger partial charge in [0.2, 0.25) is 0 Å². The molecule has 0 aliphatic heterocycles. The summed E-state index contributed by atoms with van der Waals surface area (Å²) in [5, 5.41) is 3.16. The van der Waals surface area contributed by atoms with Crippen molar-refractivity contribution in [1.29, 1.82) is 0 Å². The van der Waals surface area contributed by atoms with Crippen LogP contribution in [0.3, 0.4) is 0 Å². The first kappa shape index (κ1) is 11.0. The fraction of sp³-hybridized carbons (Fsp3) is 0.455. The Kier molecular flexibility index (Phi) is 3.89. The molecule has 0 amide bonds. The van der Waals surface area contributed by atoms with Crippen LogP contribution in [-0.2, 0) is 0 Å². The summed E-state index contributed by atoms with van der Waals surface area (Å²) in [6, 6.07) is 5.20. The number of benzene rings is 1. The first-order chi connectivity index (χ1) is 6.70. The molecule has 1 unspecified atom stereocenters. The van der Waals surface area contributed by atoms with E-state index in [0.29, 0.717) is 11.3 Å². The second kappa shape index (κ2) is 4.96. The Morgan fingerprint density at radius 3 is 2.79 bits per heavy atom. The Balaban J connectivity index is 2.96. The molecule has 0 fully saturated rings. The summed E-state index contributed by atoms with van der Waals surface area (Å²) in [5.41, 5.74) is 0.645. The van der Waals surface area contributed by atoms with Crippen molar-refractivity contribution >= 4 is 0 Å². The van der Waals surface area contributed by atoms with Crippen LogP contribution in [0.1, 0.15) is 25.5 Å². The summed E-state index contributed by atoms with van der Waals surface area (Å²) in [6.45, 7) is 4.74. The molecule has 78 valence electrons. The molecule has 0 spiro atoms. The maximum atomic E-state index is 13.7. The van der Waals surface area contributed by atoms with Crippen LogP contribution in [0.2, 0.25) is 0 Å². The first-order valence-electron chi connectivity index (χ1n) is 4.76. The molecule has 14 heavy (non-hydrogen) atoms.